The van der Waals surface area contributed by atoms with Crippen LogP contribution in [0.3, 0.4) is 0 Å². The van der Waals surface area contributed by atoms with Gasteiger partial charge in [-0.1, -0.05) is 30.3 Å². The van der Waals surface area contributed by atoms with Crippen LogP contribution in [0.2, 0.25) is 0 Å². The highest BCUT2D eigenvalue weighted by atomic mass is 16.5. The molecule has 0 bridgehead atoms. The molecule has 0 aliphatic carbocycles. The summed E-state index contributed by atoms with van der Waals surface area (Å²) in [5, 5.41) is 0. The summed E-state index contributed by atoms with van der Waals surface area (Å²) >= 11 is 0. The van der Waals surface area contributed by atoms with Crippen LogP contribution in [0.1, 0.15) is 17.3 Å². The van der Waals surface area contributed by atoms with Crippen LogP contribution in [0, 0.1) is 0 Å². The second-order valence-corrected chi connectivity index (χ2v) is 4.20. The van der Waals surface area contributed by atoms with E-state index < -0.39 is 5.91 Å². The number of para-hydroxylation sites is 2. The van der Waals surface area contributed by atoms with E-state index in [1.807, 2.05) is 6.07 Å². The maximum Gasteiger partial charge on any atom is 0.268 e. The average molecular weight is 269 g/mol. The lowest BCUT2D eigenvalue weighted by atomic mass is 10.1. The minimum atomic E-state index is -0.402. The Kier molecular flexibility index (Phi) is 4.15. The molecule has 4 heteroatoms. The standard InChI is InChI=1S/C16H15NO3/c1-12(18)17(13-8-4-3-5-9-13)16(19)14-10-6-7-11-15(14)20-2/h3-11H,1-2H3. The minimum absolute atomic E-state index is 0.341. The Hall–Kier alpha value is -2.62. The fourth-order valence-corrected chi connectivity index (χ4v) is 1.96. The summed E-state index contributed by atoms with van der Waals surface area (Å²) in [4.78, 5) is 25.6. The number of amides is 2. The summed E-state index contributed by atoms with van der Waals surface area (Å²) in [6, 6.07) is 15.7. The molecule has 0 saturated heterocycles. The van der Waals surface area contributed by atoms with Crippen LogP contribution >= 0.6 is 0 Å². The zero-order valence-electron chi connectivity index (χ0n) is 11.4. The van der Waals surface area contributed by atoms with Gasteiger partial charge in [0.15, 0.2) is 0 Å². The number of carbonyl (C=O) groups excluding carboxylic acids is 2. The van der Waals surface area contributed by atoms with Crippen molar-refractivity contribution in [1.29, 1.82) is 0 Å². The number of anilines is 1. The fourth-order valence-electron chi connectivity index (χ4n) is 1.96. The Balaban J connectivity index is 2.45. The van der Waals surface area contributed by atoms with Crippen molar-refractivity contribution in [2.45, 2.75) is 6.92 Å². The largest absolute Gasteiger partial charge is 0.496 e. The Morgan fingerprint density at radius 1 is 0.950 bits per heavy atom. The van der Waals surface area contributed by atoms with Gasteiger partial charge in [-0.2, -0.15) is 0 Å². The molecular formula is C16H15NO3. The lowest BCUT2D eigenvalue weighted by Crippen LogP contribution is -2.35. The highest BCUT2D eigenvalue weighted by Crippen LogP contribution is 2.23. The van der Waals surface area contributed by atoms with E-state index in [1.165, 1.54) is 14.0 Å². The molecule has 0 fully saturated rings. The van der Waals surface area contributed by atoms with Gasteiger partial charge >= 0.3 is 0 Å². The van der Waals surface area contributed by atoms with E-state index in [9.17, 15) is 9.59 Å². The number of carbonyl (C=O) groups is 2. The number of hydrogen-bond donors (Lipinski definition) is 0. The van der Waals surface area contributed by atoms with Crippen LogP contribution in [-0.4, -0.2) is 18.9 Å². The molecule has 20 heavy (non-hydrogen) atoms. The molecule has 2 rings (SSSR count). The molecular weight excluding hydrogens is 254 g/mol. The summed E-state index contributed by atoms with van der Waals surface area (Å²) in [5.41, 5.74) is 0.893. The van der Waals surface area contributed by atoms with Gasteiger partial charge < -0.3 is 4.74 Å². The van der Waals surface area contributed by atoms with E-state index in [0.29, 0.717) is 17.0 Å². The zero-order chi connectivity index (χ0) is 14.5. The Bertz CT molecular complexity index is 623. The molecule has 0 saturated carbocycles. The van der Waals surface area contributed by atoms with Gasteiger partial charge in [0.2, 0.25) is 5.91 Å². The second-order valence-electron chi connectivity index (χ2n) is 4.20. The van der Waals surface area contributed by atoms with Gasteiger partial charge in [-0.15, -0.1) is 0 Å². The molecule has 2 amide bonds. The molecule has 0 aliphatic rings. The molecule has 2 aromatic carbocycles. The van der Waals surface area contributed by atoms with Crippen molar-refractivity contribution in [3.63, 3.8) is 0 Å². The molecule has 0 spiro atoms. The molecule has 102 valence electrons. The van der Waals surface area contributed by atoms with E-state index in [2.05, 4.69) is 0 Å². The number of rotatable bonds is 3. The zero-order valence-corrected chi connectivity index (χ0v) is 11.4. The Morgan fingerprint density at radius 2 is 1.55 bits per heavy atom. The van der Waals surface area contributed by atoms with Crippen molar-refractivity contribution in [3.8, 4) is 5.75 Å². The van der Waals surface area contributed by atoms with E-state index in [0.717, 1.165) is 4.90 Å². The number of nitrogens with zero attached hydrogens (tertiary/aromatic N) is 1. The monoisotopic (exact) mass is 269 g/mol. The summed E-state index contributed by atoms with van der Waals surface area (Å²) in [6.07, 6.45) is 0. The molecule has 0 heterocycles. The average Bonchev–Trinajstić information content (AvgIpc) is 2.48. The van der Waals surface area contributed by atoms with Crippen LogP contribution in [0.15, 0.2) is 54.6 Å². The topological polar surface area (TPSA) is 46.6 Å². The van der Waals surface area contributed by atoms with Gasteiger partial charge in [-0.3, -0.25) is 9.59 Å². The normalized spacial score (nSPS) is 9.90. The van der Waals surface area contributed by atoms with Gasteiger partial charge in [0.1, 0.15) is 5.75 Å². The number of imide groups is 1. The molecule has 4 nitrogen and oxygen atoms in total. The lowest BCUT2D eigenvalue weighted by Gasteiger charge is -2.20. The molecule has 0 radical (unpaired) electrons. The van der Waals surface area contributed by atoms with Crippen LogP contribution in [-0.2, 0) is 4.79 Å². The van der Waals surface area contributed by atoms with Crippen molar-refractivity contribution in [3.05, 3.63) is 60.2 Å². The third-order valence-electron chi connectivity index (χ3n) is 2.87. The highest BCUT2D eigenvalue weighted by molar-refractivity contribution is 6.21. The van der Waals surface area contributed by atoms with Crippen molar-refractivity contribution in [1.82, 2.24) is 0 Å². The predicted molar refractivity (Wildman–Crippen MR) is 76.9 cm³/mol. The number of benzene rings is 2. The summed E-state index contributed by atoms with van der Waals surface area (Å²) in [6.45, 7) is 1.36. The smallest absolute Gasteiger partial charge is 0.268 e. The first-order chi connectivity index (χ1) is 9.65. The van der Waals surface area contributed by atoms with Crippen molar-refractivity contribution in [2.75, 3.05) is 12.0 Å². The quantitative estimate of drug-likeness (QED) is 0.860. The summed E-state index contributed by atoms with van der Waals surface area (Å²) < 4.78 is 5.17. The predicted octanol–water partition coefficient (Wildman–Crippen LogP) is 2.89. The van der Waals surface area contributed by atoms with Crippen molar-refractivity contribution in [2.24, 2.45) is 0 Å². The summed E-state index contributed by atoms with van der Waals surface area (Å²) in [5.74, 6) is -0.298. The molecule has 0 atom stereocenters. The molecule has 0 unspecified atom stereocenters. The fraction of sp³-hybridized carbons (Fsp3) is 0.125. The first kappa shape index (κ1) is 13.8. The van der Waals surface area contributed by atoms with E-state index in [1.54, 1.807) is 48.5 Å². The van der Waals surface area contributed by atoms with Gasteiger partial charge in [0.05, 0.1) is 18.4 Å². The SMILES string of the molecule is COc1ccccc1C(=O)N(C(C)=O)c1ccccc1. The molecule has 0 aromatic heterocycles. The summed E-state index contributed by atoms with van der Waals surface area (Å²) in [7, 11) is 1.49. The van der Waals surface area contributed by atoms with E-state index in [4.69, 9.17) is 4.74 Å². The number of methoxy groups -OCH3 is 1. The van der Waals surface area contributed by atoms with Crippen LogP contribution < -0.4 is 9.64 Å². The van der Waals surface area contributed by atoms with Crippen LogP contribution in [0.25, 0.3) is 0 Å². The third kappa shape index (κ3) is 2.69. The lowest BCUT2D eigenvalue weighted by molar-refractivity contribution is -0.115. The first-order valence-electron chi connectivity index (χ1n) is 6.18. The molecule has 0 N–H and O–H groups in total. The van der Waals surface area contributed by atoms with Crippen molar-refractivity contribution < 1.29 is 14.3 Å². The first-order valence-corrected chi connectivity index (χ1v) is 6.18. The van der Waals surface area contributed by atoms with Gasteiger partial charge in [0.25, 0.3) is 5.91 Å². The van der Waals surface area contributed by atoms with Crippen molar-refractivity contribution >= 4 is 17.5 Å². The number of hydrogen-bond acceptors (Lipinski definition) is 3. The van der Waals surface area contributed by atoms with Gasteiger partial charge in [0, 0.05) is 6.92 Å². The number of ether oxygens (including phenoxy) is 1. The van der Waals surface area contributed by atoms with Gasteiger partial charge in [-0.05, 0) is 24.3 Å². The second kappa shape index (κ2) is 6.02. The maximum atomic E-state index is 12.6. The van der Waals surface area contributed by atoms with Crippen LogP contribution in [0.4, 0.5) is 5.69 Å². The van der Waals surface area contributed by atoms with E-state index in [-0.39, 0.29) is 5.91 Å². The maximum absolute atomic E-state index is 12.6. The van der Waals surface area contributed by atoms with Gasteiger partial charge in [-0.25, -0.2) is 4.90 Å². The van der Waals surface area contributed by atoms with Crippen LogP contribution in [0.5, 0.6) is 5.75 Å². The minimum Gasteiger partial charge on any atom is -0.496 e. The Morgan fingerprint density at radius 3 is 2.15 bits per heavy atom. The molecule has 0 aliphatic heterocycles. The van der Waals surface area contributed by atoms with E-state index >= 15 is 0 Å². The highest BCUT2D eigenvalue weighted by Gasteiger charge is 2.23. The molecule has 2 aromatic rings. The Labute approximate surface area is 117 Å². The third-order valence-corrected chi connectivity index (χ3v) is 2.87.